The van der Waals surface area contributed by atoms with Crippen LogP contribution in [0.3, 0.4) is 0 Å². The molecule has 0 saturated heterocycles. The number of hydrogen-bond acceptors (Lipinski definition) is 5. The van der Waals surface area contributed by atoms with E-state index in [1.54, 1.807) is 18.3 Å². The fraction of sp³-hybridized carbons (Fsp3) is 0.0769. The SMILES string of the molecule is O=[N+]([O-])c1ccc(NN=Cc2cccnc2)c(C(F)(F)F)c1. The summed E-state index contributed by atoms with van der Waals surface area (Å²) in [5.41, 5.74) is 0.639. The molecule has 2 rings (SSSR count). The lowest BCUT2D eigenvalue weighted by Gasteiger charge is -2.11. The zero-order valence-electron chi connectivity index (χ0n) is 10.9. The Morgan fingerprint density at radius 2 is 2.09 bits per heavy atom. The van der Waals surface area contributed by atoms with E-state index in [2.05, 4.69) is 15.5 Å². The zero-order chi connectivity index (χ0) is 16.2. The Kier molecular flexibility index (Phi) is 4.35. The van der Waals surface area contributed by atoms with Crippen molar-refractivity contribution >= 4 is 17.6 Å². The van der Waals surface area contributed by atoms with Gasteiger partial charge >= 0.3 is 6.18 Å². The minimum Gasteiger partial charge on any atom is -0.278 e. The van der Waals surface area contributed by atoms with Gasteiger partial charge in [0.1, 0.15) is 0 Å². The van der Waals surface area contributed by atoms with Crippen molar-refractivity contribution in [3.8, 4) is 0 Å². The molecule has 0 bridgehead atoms. The van der Waals surface area contributed by atoms with Crippen LogP contribution < -0.4 is 5.43 Å². The first kappa shape index (κ1) is 15.4. The summed E-state index contributed by atoms with van der Waals surface area (Å²) in [7, 11) is 0. The lowest BCUT2D eigenvalue weighted by Crippen LogP contribution is -2.09. The molecular formula is C13H9F3N4O2. The number of halogens is 3. The maximum atomic E-state index is 12.9. The number of nitrogens with zero attached hydrogens (tertiary/aromatic N) is 3. The predicted octanol–water partition coefficient (Wildman–Crippen LogP) is 3.45. The largest absolute Gasteiger partial charge is 0.418 e. The minimum atomic E-state index is -4.74. The maximum absolute atomic E-state index is 12.9. The summed E-state index contributed by atoms with van der Waals surface area (Å²) in [6, 6.07) is 5.70. The lowest BCUT2D eigenvalue weighted by atomic mass is 10.1. The number of nitro benzene ring substituents is 1. The second-order valence-corrected chi connectivity index (χ2v) is 4.14. The number of aromatic nitrogens is 1. The molecule has 1 N–H and O–H groups in total. The first-order valence-electron chi connectivity index (χ1n) is 5.92. The number of rotatable bonds is 4. The van der Waals surface area contributed by atoms with E-state index in [1.165, 1.54) is 12.4 Å². The highest BCUT2D eigenvalue weighted by Crippen LogP contribution is 2.37. The molecule has 1 heterocycles. The Bertz CT molecular complexity index is 702. The van der Waals surface area contributed by atoms with E-state index in [1.807, 2.05) is 0 Å². The quantitative estimate of drug-likeness (QED) is 0.533. The van der Waals surface area contributed by atoms with Crippen molar-refractivity contribution in [3.05, 3.63) is 64.0 Å². The van der Waals surface area contributed by atoms with Crippen molar-refractivity contribution < 1.29 is 18.1 Å². The Morgan fingerprint density at radius 1 is 1.32 bits per heavy atom. The van der Waals surface area contributed by atoms with E-state index in [4.69, 9.17) is 0 Å². The lowest BCUT2D eigenvalue weighted by molar-refractivity contribution is -0.385. The third-order valence-electron chi connectivity index (χ3n) is 2.60. The average Bonchev–Trinajstić information content (AvgIpc) is 2.47. The summed E-state index contributed by atoms with van der Waals surface area (Å²) in [5.74, 6) is 0. The van der Waals surface area contributed by atoms with Gasteiger partial charge in [-0.1, -0.05) is 6.07 Å². The molecule has 0 unspecified atom stereocenters. The number of alkyl halides is 3. The molecule has 0 radical (unpaired) electrons. The van der Waals surface area contributed by atoms with Crippen LogP contribution >= 0.6 is 0 Å². The van der Waals surface area contributed by atoms with E-state index >= 15 is 0 Å². The standard InChI is InChI=1S/C13H9F3N4O2/c14-13(15,16)11-6-10(20(21)22)3-4-12(11)19-18-8-9-2-1-5-17-7-9/h1-8,19H. The molecule has 1 aromatic carbocycles. The molecule has 0 aliphatic carbocycles. The van der Waals surface area contributed by atoms with E-state index in [-0.39, 0.29) is 5.69 Å². The molecule has 0 aliphatic rings. The Hall–Kier alpha value is -2.97. The van der Waals surface area contributed by atoms with Crippen LogP contribution in [0.1, 0.15) is 11.1 Å². The molecule has 114 valence electrons. The van der Waals surface area contributed by atoms with Crippen LogP contribution in [0.15, 0.2) is 47.8 Å². The van der Waals surface area contributed by atoms with Crippen LogP contribution in [0.25, 0.3) is 0 Å². The van der Waals surface area contributed by atoms with Crippen LogP contribution in [-0.4, -0.2) is 16.1 Å². The van der Waals surface area contributed by atoms with Crippen LogP contribution in [0, 0.1) is 10.1 Å². The third kappa shape index (κ3) is 3.78. The molecule has 1 aromatic heterocycles. The van der Waals surface area contributed by atoms with Crippen LogP contribution in [-0.2, 0) is 6.18 Å². The summed E-state index contributed by atoms with van der Waals surface area (Å²) < 4.78 is 38.8. The molecule has 0 aliphatic heterocycles. The van der Waals surface area contributed by atoms with Crippen LogP contribution in [0.2, 0.25) is 0 Å². The fourth-order valence-corrected chi connectivity index (χ4v) is 1.61. The van der Waals surface area contributed by atoms with Gasteiger partial charge in [0, 0.05) is 30.1 Å². The smallest absolute Gasteiger partial charge is 0.278 e. The molecule has 0 amide bonds. The Balaban J connectivity index is 2.27. The van der Waals surface area contributed by atoms with Gasteiger partial charge in [-0.15, -0.1) is 0 Å². The number of hydrogen-bond donors (Lipinski definition) is 1. The highest BCUT2D eigenvalue weighted by atomic mass is 19.4. The second-order valence-electron chi connectivity index (χ2n) is 4.14. The molecule has 9 heteroatoms. The molecule has 0 saturated carbocycles. The molecular weight excluding hydrogens is 301 g/mol. The highest BCUT2D eigenvalue weighted by Gasteiger charge is 2.35. The van der Waals surface area contributed by atoms with Gasteiger partial charge in [-0.25, -0.2) is 0 Å². The van der Waals surface area contributed by atoms with Crippen molar-refractivity contribution in [2.45, 2.75) is 6.18 Å². The summed E-state index contributed by atoms with van der Waals surface area (Å²) in [6.07, 6.45) is -0.429. The normalized spacial score (nSPS) is 11.6. The Labute approximate surface area is 122 Å². The average molecular weight is 310 g/mol. The van der Waals surface area contributed by atoms with Gasteiger partial charge < -0.3 is 0 Å². The molecule has 2 aromatic rings. The first-order chi connectivity index (χ1) is 10.4. The summed E-state index contributed by atoms with van der Waals surface area (Å²) in [5, 5.41) is 14.2. The summed E-state index contributed by atoms with van der Waals surface area (Å²) in [6.45, 7) is 0. The number of hydrazone groups is 1. The maximum Gasteiger partial charge on any atom is 0.418 e. The van der Waals surface area contributed by atoms with E-state index < -0.39 is 22.4 Å². The first-order valence-corrected chi connectivity index (χ1v) is 5.92. The van der Waals surface area contributed by atoms with Crippen molar-refractivity contribution in [1.29, 1.82) is 0 Å². The predicted molar refractivity (Wildman–Crippen MR) is 73.6 cm³/mol. The van der Waals surface area contributed by atoms with E-state index in [0.29, 0.717) is 11.6 Å². The van der Waals surface area contributed by atoms with Gasteiger partial charge in [-0.05, 0) is 12.1 Å². The minimum absolute atomic E-state index is 0.377. The second kappa shape index (κ2) is 6.20. The number of anilines is 1. The molecule has 22 heavy (non-hydrogen) atoms. The third-order valence-corrected chi connectivity index (χ3v) is 2.60. The van der Waals surface area contributed by atoms with Gasteiger partial charge in [0.15, 0.2) is 0 Å². The number of non-ortho nitro benzene ring substituents is 1. The van der Waals surface area contributed by atoms with Crippen molar-refractivity contribution in [2.24, 2.45) is 5.10 Å². The van der Waals surface area contributed by atoms with Gasteiger partial charge in [0.2, 0.25) is 0 Å². The zero-order valence-corrected chi connectivity index (χ0v) is 10.9. The number of nitro groups is 1. The van der Waals surface area contributed by atoms with Crippen molar-refractivity contribution in [1.82, 2.24) is 4.98 Å². The molecule has 0 atom stereocenters. The van der Waals surface area contributed by atoms with E-state index in [9.17, 15) is 23.3 Å². The van der Waals surface area contributed by atoms with Gasteiger partial charge in [0.05, 0.1) is 22.4 Å². The topological polar surface area (TPSA) is 80.4 Å². The molecule has 6 nitrogen and oxygen atoms in total. The molecule has 0 spiro atoms. The number of pyridine rings is 1. The van der Waals surface area contributed by atoms with Crippen molar-refractivity contribution in [2.75, 3.05) is 5.43 Å². The van der Waals surface area contributed by atoms with Gasteiger partial charge in [0.25, 0.3) is 5.69 Å². The van der Waals surface area contributed by atoms with Gasteiger partial charge in [-0.3, -0.25) is 20.5 Å². The summed E-state index contributed by atoms with van der Waals surface area (Å²) >= 11 is 0. The fourth-order valence-electron chi connectivity index (χ4n) is 1.61. The van der Waals surface area contributed by atoms with Crippen molar-refractivity contribution in [3.63, 3.8) is 0 Å². The molecule has 0 fully saturated rings. The Morgan fingerprint density at radius 3 is 2.68 bits per heavy atom. The monoisotopic (exact) mass is 310 g/mol. The number of nitrogens with one attached hydrogen (secondary N) is 1. The van der Waals surface area contributed by atoms with Gasteiger partial charge in [-0.2, -0.15) is 18.3 Å². The van der Waals surface area contributed by atoms with E-state index in [0.717, 1.165) is 12.1 Å². The number of benzene rings is 1. The summed E-state index contributed by atoms with van der Waals surface area (Å²) in [4.78, 5) is 13.5. The van der Waals surface area contributed by atoms with Crippen LogP contribution in [0.5, 0.6) is 0 Å². The highest BCUT2D eigenvalue weighted by molar-refractivity contribution is 5.79. The van der Waals surface area contributed by atoms with Crippen LogP contribution in [0.4, 0.5) is 24.5 Å².